The number of aryl methyl sites for hydroxylation is 1. The van der Waals surface area contributed by atoms with Crippen LogP contribution in [0.2, 0.25) is 0 Å². The van der Waals surface area contributed by atoms with Crippen molar-refractivity contribution in [3.05, 3.63) is 75.3 Å². The van der Waals surface area contributed by atoms with E-state index in [0.717, 1.165) is 30.9 Å². The van der Waals surface area contributed by atoms with E-state index in [2.05, 4.69) is 11.4 Å². The Morgan fingerprint density at radius 3 is 2.78 bits per heavy atom. The second-order valence-corrected chi connectivity index (χ2v) is 6.51. The summed E-state index contributed by atoms with van der Waals surface area (Å²) in [4.78, 5) is 34.9. The maximum Gasteiger partial charge on any atom is 0.339 e. The van der Waals surface area contributed by atoms with Crippen molar-refractivity contribution in [2.45, 2.75) is 38.3 Å². The quantitative estimate of drug-likeness (QED) is 0.496. The molecular weight excluding hydrogens is 348 g/mol. The fourth-order valence-corrected chi connectivity index (χ4v) is 3.22. The van der Waals surface area contributed by atoms with Crippen LogP contribution in [0.1, 0.15) is 47.3 Å². The van der Waals surface area contributed by atoms with Gasteiger partial charge in [0.2, 0.25) is 0 Å². The Morgan fingerprint density at radius 2 is 2.00 bits per heavy atom. The summed E-state index contributed by atoms with van der Waals surface area (Å²) in [5.41, 5.74) is 2.14. The van der Waals surface area contributed by atoms with Crippen molar-refractivity contribution in [1.82, 2.24) is 5.32 Å². The maximum absolute atomic E-state index is 12.5. The molecule has 1 amide bonds. The van der Waals surface area contributed by atoms with Gasteiger partial charge in [0.25, 0.3) is 11.6 Å². The van der Waals surface area contributed by atoms with E-state index in [-0.39, 0.29) is 17.3 Å². The van der Waals surface area contributed by atoms with Crippen LogP contribution in [0.25, 0.3) is 0 Å². The summed E-state index contributed by atoms with van der Waals surface area (Å²) < 4.78 is 5.19. The summed E-state index contributed by atoms with van der Waals surface area (Å²) in [6.07, 6.45) is 1.78. The molecule has 0 aliphatic heterocycles. The number of carbonyl (C=O) groups is 2. The number of nitro benzene ring substituents is 1. The van der Waals surface area contributed by atoms with Crippen LogP contribution >= 0.6 is 0 Å². The van der Waals surface area contributed by atoms with Gasteiger partial charge in [0.05, 0.1) is 16.5 Å². The summed E-state index contributed by atoms with van der Waals surface area (Å²) in [6, 6.07) is 13.1. The first-order valence-corrected chi connectivity index (χ1v) is 8.79. The van der Waals surface area contributed by atoms with Crippen LogP contribution in [0, 0.1) is 10.1 Å². The Labute approximate surface area is 156 Å². The number of carbonyl (C=O) groups excluding carboxylic acids is 2. The average molecular weight is 368 g/mol. The number of fused-ring (bicyclic) bond motifs is 1. The number of non-ortho nitro benzene ring substituents is 1. The molecule has 0 spiro atoms. The highest BCUT2D eigenvalue weighted by atomic mass is 16.6. The van der Waals surface area contributed by atoms with Gasteiger partial charge in [-0.1, -0.05) is 30.3 Å². The summed E-state index contributed by atoms with van der Waals surface area (Å²) in [5, 5.41) is 13.8. The topological polar surface area (TPSA) is 98.5 Å². The Hall–Kier alpha value is -3.22. The summed E-state index contributed by atoms with van der Waals surface area (Å²) >= 11 is 0. The molecule has 0 radical (unpaired) electrons. The minimum absolute atomic E-state index is 0.0341. The maximum atomic E-state index is 12.5. The number of esters is 1. The molecule has 27 heavy (non-hydrogen) atoms. The third kappa shape index (κ3) is 4.31. The zero-order valence-corrected chi connectivity index (χ0v) is 14.9. The largest absolute Gasteiger partial charge is 0.449 e. The minimum atomic E-state index is -1.01. The molecule has 2 aromatic carbocycles. The molecule has 0 aromatic heterocycles. The third-order valence-corrected chi connectivity index (χ3v) is 4.63. The van der Waals surface area contributed by atoms with Gasteiger partial charge in [-0.3, -0.25) is 14.9 Å². The van der Waals surface area contributed by atoms with Gasteiger partial charge in [0.1, 0.15) is 0 Å². The predicted molar refractivity (Wildman–Crippen MR) is 98.2 cm³/mol. The van der Waals surface area contributed by atoms with Crippen LogP contribution in [0.15, 0.2) is 48.5 Å². The van der Waals surface area contributed by atoms with Crippen molar-refractivity contribution in [1.29, 1.82) is 0 Å². The number of nitro groups is 1. The van der Waals surface area contributed by atoms with E-state index in [1.54, 1.807) is 0 Å². The van der Waals surface area contributed by atoms with Crippen molar-refractivity contribution in [2.24, 2.45) is 0 Å². The van der Waals surface area contributed by atoms with Crippen molar-refractivity contribution in [2.75, 3.05) is 0 Å². The van der Waals surface area contributed by atoms with Crippen molar-refractivity contribution >= 4 is 17.6 Å². The molecule has 0 heterocycles. The highest BCUT2D eigenvalue weighted by molar-refractivity contribution is 5.92. The van der Waals surface area contributed by atoms with Crippen LogP contribution in [0.5, 0.6) is 0 Å². The number of nitrogens with one attached hydrogen (secondary N) is 1. The molecule has 0 fully saturated rings. The second-order valence-electron chi connectivity index (χ2n) is 6.51. The van der Waals surface area contributed by atoms with Gasteiger partial charge in [0.15, 0.2) is 6.10 Å². The molecule has 2 aromatic rings. The molecule has 7 heteroatoms. The molecule has 7 nitrogen and oxygen atoms in total. The lowest BCUT2D eigenvalue weighted by atomic mass is 9.87. The number of benzene rings is 2. The Kier molecular flexibility index (Phi) is 5.49. The highest BCUT2D eigenvalue weighted by Crippen LogP contribution is 2.29. The molecule has 2 atom stereocenters. The highest BCUT2D eigenvalue weighted by Gasteiger charge is 2.26. The predicted octanol–water partition coefficient (Wildman–Crippen LogP) is 3.33. The number of nitrogens with zero attached hydrogens (tertiary/aromatic N) is 1. The fraction of sp³-hybridized carbons (Fsp3) is 0.300. The van der Waals surface area contributed by atoms with Crippen LogP contribution in [-0.2, 0) is 16.0 Å². The van der Waals surface area contributed by atoms with Crippen LogP contribution < -0.4 is 5.32 Å². The Balaban J connectivity index is 1.64. The molecular formula is C20H20N2O5. The average Bonchev–Trinajstić information content (AvgIpc) is 2.68. The molecule has 0 saturated heterocycles. The van der Waals surface area contributed by atoms with E-state index in [9.17, 15) is 19.7 Å². The molecule has 1 aliphatic rings. The molecule has 0 saturated carbocycles. The van der Waals surface area contributed by atoms with E-state index in [1.807, 2.05) is 18.2 Å². The summed E-state index contributed by atoms with van der Waals surface area (Å²) in [7, 11) is 0. The van der Waals surface area contributed by atoms with Crippen LogP contribution in [0.4, 0.5) is 5.69 Å². The SMILES string of the molecule is CC(OC(=O)c1cccc([N+](=O)[O-])c1)C(=O)NC1CCCc2ccccc21. The number of ether oxygens (including phenoxy) is 1. The van der Waals surface area contributed by atoms with E-state index in [1.165, 1.54) is 30.7 Å². The summed E-state index contributed by atoms with van der Waals surface area (Å²) in [6.45, 7) is 1.49. The standard InChI is InChI=1S/C20H20N2O5/c1-13(27-20(24)15-8-4-9-16(12-15)22(25)26)19(23)21-18-11-5-7-14-6-2-3-10-17(14)18/h2-4,6,8-10,12-13,18H,5,7,11H2,1H3,(H,21,23). The van der Waals surface area contributed by atoms with E-state index in [4.69, 9.17) is 4.74 Å². The van der Waals surface area contributed by atoms with Gasteiger partial charge in [-0.05, 0) is 43.4 Å². The first-order chi connectivity index (χ1) is 13.0. The number of hydrogen-bond acceptors (Lipinski definition) is 5. The van der Waals surface area contributed by atoms with Gasteiger partial charge in [-0.2, -0.15) is 0 Å². The van der Waals surface area contributed by atoms with E-state index < -0.39 is 22.9 Å². The molecule has 0 bridgehead atoms. The normalized spacial score (nSPS) is 16.7. The Morgan fingerprint density at radius 1 is 1.22 bits per heavy atom. The van der Waals surface area contributed by atoms with Gasteiger partial charge in [-0.25, -0.2) is 4.79 Å². The molecule has 2 unspecified atom stereocenters. The smallest absolute Gasteiger partial charge is 0.339 e. The second kappa shape index (κ2) is 7.99. The molecule has 1 aliphatic carbocycles. The number of rotatable bonds is 5. The van der Waals surface area contributed by atoms with Gasteiger partial charge in [0, 0.05) is 12.1 Å². The third-order valence-electron chi connectivity index (χ3n) is 4.63. The van der Waals surface area contributed by atoms with E-state index in [0.29, 0.717) is 0 Å². The summed E-state index contributed by atoms with van der Waals surface area (Å²) in [5.74, 6) is -1.17. The monoisotopic (exact) mass is 368 g/mol. The first-order valence-electron chi connectivity index (χ1n) is 8.79. The first kappa shape index (κ1) is 18.6. The number of hydrogen-bond donors (Lipinski definition) is 1. The molecule has 3 rings (SSSR count). The van der Waals surface area contributed by atoms with E-state index >= 15 is 0 Å². The van der Waals surface area contributed by atoms with Gasteiger partial charge in [-0.15, -0.1) is 0 Å². The lowest BCUT2D eigenvalue weighted by Gasteiger charge is -2.27. The van der Waals surface area contributed by atoms with Crippen molar-refractivity contribution in [3.63, 3.8) is 0 Å². The van der Waals surface area contributed by atoms with Crippen LogP contribution in [-0.4, -0.2) is 22.9 Å². The zero-order chi connectivity index (χ0) is 19.4. The lowest BCUT2D eigenvalue weighted by molar-refractivity contribution is -0.384. The minimum Gasteiger partial charge on any atom is -0.449 e. The van der Waals surface area contributed by atoms with Gasteiger partial charge < -0.3 is 10.1 Å². The number of amides is 1. The molecule has 140 valence electrons. The van der Waals surface area contributed by atoms with Crippen LogP contribution in [0.3, 0.4) is 0 Å². The fourth-order valence-electron chi connectivity index (χ4n) is 3.22. The van der Waals surface area contributed by atoms with Crippen molar-refractivity contribution in [3.8, 4) is 0 Å². The van der Waals surface area contributed by atoms with Gasteiger partial charge >= 0.3 is 5.97 Å². The van der Waals surface area contributed by atoms with Crippen molar-refractivity contribution < 1.29 is 19.2 Å². The zero-order valence-electron chi connectivity index (χ0n) is 14.9. The Bertz CT molecular complexity index is 880. The molecule has 1 N–H and O–H groups in total. The lowest BCUT2D eigenvalue weighted by Crippen LogP contribution is -2.39.